The molecule has 1 aromatic rings. The predicted molar refractivity (Wildman–Crippen MR) is 69.0 cm³/mol. The Bertz CT molecular complexity index is 311. The van der Waals surface area contributed by atoms with Gasteiger partial charge < -0.3 is 5.11 Å². The van der Waals surface area contributed by atoms with E-state index in [9.17, 15) is 4.79 Å². The van der Waals surface area contributed by atoms with E-state index in [4.69, 9.17) is 5.11 Å². The molecule has 0 amide bonds. The summed E-state index contributed by atoms with van der Waals surface area (Å²) in [5, 5.41) is 8.84. The van der Waals surface area contributed by atoms with Crippen molar-refractivity contribution in [1.29, 1.82) is 0 Å². The summed E-state index contributed by atoms with van der Waals surface area (Å²) < 4.78 is 0. The van der Waals surface area contributed by atoms with Gasteiger partial charge in [0.05, 0.1) is 0 Å². The van der Waals surface area contributed by atoms with Gasteiger partial charge in [0.1, 0.15) is 0 Å². The van der Waals surface area contributed by atoms with Gasteiger partial charge in [-0.05, 0) is 11.7 Å². The summed E-state index contributed by atoms with van der Waals surface area (Å²) in [6, 6.07) is 9.38. The number of carbonyl (C=O) groups excluding carboxylic acids is 1. The Morgan fingerprint density at radius 1 is 1.38 bits per heavy atom. The molecular formula is C13H18O2S. The summed E-state index contributed by atoms with van der Waals surface area (Å²) in [6.07, 6.45) is 0.576. The van der Waals surface area contributed by atoms with Crippen molar-refractivity contribution in [3.8, 4) is 0 Å². The van der Waals surface area contributed by atoms with Gasteiger partial charge in [-0.25, -0.2) is 0 Å². The quantitative estimate of drug-likeness (QED) is 0.586. The zero-order valence-corrected chi connectivity index (χ0v) is 10.4. The molecule has 1 N–H and O–H groups in total. The van der Waals surface area contributed by atoms with Crippen LogP contribution in [0, 0.1) is 5.92 Å². The van der Waals surface area contributed by atoms with Gasteiger partial charge in [-0.2, -0.15) is 11.8 Å². The van der Waals surface area contributed by atoms with Crippen molar-refractivity contribution in [1.82, 2.24) is 0 Å². The Morgan fingerprint density at radius 3 is 2.69 bits per heavy atom. The Labute approximate surface area is 101 Å². The number of aliphatic hydroxyl groups excluding tert-OH is 1. The Hall–Kier alpha value is -0.800. The highest BCUT2D eigenvalue weighted by atomic mass is 32.2. The monoisotopic (exact) mass is 238 g/mol. The van der Waals surface area contributed by atoms with Crippen LogP contribution in [0.5, 0.6) is 0 Å². The molecule has 0 heterocycles. The molecule has 0 saturated heterocycles. The fourth-order valence-corrected chi connectivity index (χ4v) is 2.27. The highest BCUT2D eigenvalue weighted by Crippen LogP contribution is 2.11. The molecule has 0 bridgehead atoms. The molecule has 3 heteroatoms. The lowest BCUT2D eigenvalue weighted by Gasteiger charge is -2.06. The number of aliphatic hydroxyl groups is 1. The SMILES string of the molecule is CC(CO)CSCCC(=O)c1ccccc1. The van der Waals surface area contributed by atoms with E-state index in [0.29, 0.717) is 12.3 Å². The van der Waals surface area contributed by atoms with Crippen molar-refractivity contribution in [2.24, 2.45) is 5.92 Å². The average Bonchev–Trinajstić information content (AvgIpc) is 2.35. The molecule has 2 nitrogen and oxygen atoms in total. The van der Waals surface area contributed by atoms with Gasteiger partial charge in [-0.1, -0.05) is 37.3 Å². The molecule has 1 aromatic carbocycles. The van der Waals surface area contributed by atoms with E-state index in [-0.39, 0.29) is 12.4 Å². The van der Waals surface area contributed by atoms with E-state index in [1.165, 1.54) is 0 Å². The van der Waals surface area contributed by atoms with Crippen molar-refractivity contribution in [2.75, 3.05) is 18.1 Å². The van der Waals surface area contributed by atoms with Crippen LogP contribution in [0.1, 0.15) is 23.7 Å². The zero-order chi connectivity index (χ0) is 11.8. The van der Waals surface area contributed by atoms with E-state index < -0.39 is 0 Å². The second-order valence-corrected chi connectivity index (χ2v) is 5.05. The van der Waals surface area contributed by atoms with Crippen LogP contribution in [0.25, 0.3) is 0 Å². The maximum Gasteiger partial charge on any atom is 0.163 e. The van der Waals surface area contributed by atoms with E-state index in [1.807, 2.05) is 37.3 Å². The van der Waals surface area contributed by atoms with Crippen LogP contribution < -0.4 is 0 Å². The lowest BCUT2D eigenvalue weighted by Crippen LogP contribution is -2.05. The maximum atomic E-state index is 11.7. The van der Waals surface area contributed by atoms with Gasteiger partial charge in [0.2, 0.25) is 0 Å². The first-order valence-corrected chi connectivity index (χ1v) is 6.66. The molecule has 0 aliphatic rings. The number of rotatable bonds is 7. The standard InChI is InChI=1S/C13H18O2S/c1-11(9-14)10-16-8-7-13(15)12-5-3-2-4-6-12/h2-6,11,14H,7-10H2,1H3. The molecule has 16 heavy (non-hydrogen) atoms. The molecule has 1 unspecified atom stereocenters. The lowest BCUT2D eigenvalue weighted by atomic mass is 10.1. The van der Waals surface area contributed by atoms with Crippen LogP contribution in [0.4, 0.5) is 0 Å². The molecule has 0 aliphatic heterocycles. The fourth-order valence-electron chi connectivity index (χ4n) is 1.27. The third-order valence-electron chi connectivity index (χ3n) is 2.28. The van der Waals surface area contributed by atoms with Crippen molar-refractivity contribution < 1.29 is 9.90 Å². The molecule has 0 aliphatic carbocycles. The number of ketones is 1. The number of Topliss-reactive ketones (excluding diaryl/α,β-unsaturated/α-hetero) is 1. The van der Waals surface area contributed by atoms with Crippen LogP contribution in [-0.4, -0.2) is 29.0 Å². The van der Waals surface area contributed by atoms with Gasteiger partial charge in [0.15, 0.2) is 5.78 Å². The summed E-state index contributed by atoms with van der Waals surface area (Å²) in [5.74, 6) is 2.26. The normalized spacial score (nSPS) is 12.4. The average molecular weight is 238 g/mol. The maximum absolute atomic E-state index is 11.7. The second-order valence-electron chi connectivity index (χ2n) is 3.90. The molecule has 0 saturated carbocycles. The number of benzene rings is 1. The van der Waals surface area contributed by atoms with Crippen LogP contribution >= 0.6 is 11.8 Å². The summed E-state index contributed by atoms with van der Waals surface area (Å²) in [6.45, 7) is 2.23. The summed E-state index contributed by atoms with van der Waals surface area (Å²) >= 11 is 1.73. The Morgan fingerprint density at radius 2 is 2.06 bits per heavy atom. The second kappa shape index (κ2) is 7.47. The molecule has 0 radical (unpaired) electrons. The van der Waals surface area contributed by atoms with Crippen LogP contribution in [0.3, 0.4) is 0 Å². The first kappa shape index (κ1) is 13.3. The highest BCUT2D eigenvalue weighted by Gasteiger charge is 2.05. The van der Waals surface area contributed by atoms with Gasteiger partial charge in [-0.3, -0.25) is 4.79 Å². The molecular weight excluding hydrogens is 220 g/mol. The third kappa shape index (κ3) is 4.81. The summed E-state index contributed by atoms with van der Waals surface area (Å²) in [5.41, 5.74) is 0.790. The predicted octanol–water partition coefficient (Wildman–Crippen LogP) is 2.62. The minimum atomic E-state index is 0.199. The van der Waals surface area contributed by atoms with Crippen LogP contribution in [-0.2, 0) is 0 Å². The number of thioether (sulfide) groups is 1. The van der Waals surface area contributed by atoms with E-state index >= 15 is 0 Å². The Kier molecular flexibility index (Phi) is 6.19. The first-order valence-electron chi connectivity index (χ1n) is 5.51. The van der Waals surface area contributed by atoms with Crippen LogP contribution in [0.2, 0.25) is 0 Å². The highest BCUT2D eigenvalue weighted by molar-refractivity contribution is 7.99. The summed E-state index contributed by atoms with van der Waals surface area (Å²) in [7, 11) is 0. The third-order valence-corrected chi connectivity index (χ3v) is 3.58. The Balaban J connectivity index is 2.21. The van der Waals surface area contributed by atoms with Crippen molar-refractivity contribution in [3.05, 3.63) is 35.9 Å². The van der Waals surface area contributed by atoms with Crippen molar-refractivity contribution >= 4 is 17.5 Å². The van der Waals surface area contributed by atoms with Gasteiger partial charge in [0, 0.05) is 24.3 Å². The molecule has 1 rings (SSSR count). The molecule has 0 aromatic heterocycles. The lowest BCUT2D eigenvalue weighted by molar-refractivity contribution is 0.0989. The summed E-state index contributed by atoms with van der Waals surface area (Å²) in [4.78, 5) is 11.7. The zero-order valence-electron chi connectivity index (χ0n) is 9.56. The van der Waals surface area contributed by atoms with Gasteiger partial charge in [0.25, 0.3) is 0 Å². The largest absolute Gasteiger partial charge is 0.396 e. The van der Waals surface area contributed by atoms with Crippen LogP contribution in [0.15, 0.2) is 30.3 Å². The molecule has 0 fully saturated rings. The molecule has 0 spiro atoms. The smallest absolute Gasteiger partial charge is 0.163 e. The fraction of sp³-hybridized carbons (Fsp3) is 0.462. The minimum Gasteiger partial charge on any atom is -0.396 e. The van der Waals surface area contributed by atoms with Gasteiger partial charge in [-0.15, -0.1) is 0 Å². The number of carbonyl (C=O) groups is 1. The van der Waals surface area contributed by atoms with E-state index in [2.05, 4.69) is 0 Å². The topological polar surface area (TPSA) is 37.3 Å². The number of hydrogen-bond acceptors (Lipinski definition) is 3. The van der Waals surface area contributed by atoms with Crippen molar-refractivity contribution in [3.63, 3.8) is 0 Å². The molecule has 1 atom stereocenters. The van der Waals surface area contributed by atoms with Gasteiger partial charge >= 0.3 is 0 Å². The van der Waals surface area contributed by atoms with E-state index in [0.717, 1.165) is 17.1 Å². The minimum absolute atomic E-state index is 0.199. The van der Waals surface area contributed by atoms with E-state index in [1.54, 1.807) is 11.8 Å². The molecule has 88 valence electrons. The first-order chi connectivity index (χ1) is 7.74. The van der Waals surface area contributed by atoms with Crippen molar-refractivity contribution in [2.45, 2.75) is 13.3 Å². The number of hydrogen-bond donors (Lipinski definition) is 1.